The fourth-order valence-electron chi connectivity index (χ4n) is 4.95. The maximum Gasteiger partial charge on any atom is 0.407 e. The average Bonchev–Trinajstić information content (AvgIpc) is 3.39. The maximum absolute atomic E-state index is 12.9. The Morgan fingerprint density at radius 1 is 1.06 bits per heavy atom. The third-order valence-corrected chi connectivity index (χ3v) is 7.82. The van der Waals surface area contributed by atoms with Gasteiger partial charge in [-0.2, -0.15) is 11.8 Å². The fourth-order valence-corrected chi connectivity index (χ4v) is 6.15. The van der Waals surface area contributed by atoms with E-state index in [0.29, 0.717) is 5.25 Å². The van der Waals surface area contributed by atoms with Crippen molar-refractivity contribution in [3.05, 3.63) is 59.7 Å². The number of hydrogen-bond acceptors (Lipinski definition) is 5. The van der Waals surface area contributed by atoms with E-state index in [1.54, 1.807) is 11.8 Å². The van der Waals surface area contributed by atoms with E-state index in [0.717, 1.165) is 47.3 Å². The summed E-state index contributed by atoms with van der Waals surface area (Å²) in [4.78, 5) is 36.8. The summed E-state index contributed by atoms with van der Waals surface area (Å²) in [5.74, 6) is -0.808. The zero-order valence-electron chi connectivity index (χ0n) is 19.2. The lowest BCUT2D eigenvalue weighted by atomic mass is 9.98. The third kappa shape index (κ3) is 5.38. The van der Waals surface area contributed by atoms with Gasteiger partial charge >= 0.3 is 12.1 Å². The third-order valence-electron chi connectivity index (χ3n) is 6.49. The normalized spacial score (nSPS) is 19.7. The highest BCUT2D eigenvalue weighted by Crippen LogP contribution is 2.44. The SMILES string of the molecule is CCSC1CCCC1NC(=O)C(CC(=O)O)NC(=O)OCC1c2ccccc2-c2ccccc21. The first kappa shape index (κ1) is 24.1. The number of thioether (sulfide) groups is 1. The Balaban J connectivity index is 1.39. The summed E-state index contributed by atoms with van der Waals surface area (Å²) in [5.41, 5.74) is 4.40. The molecule has 0 aromatic heterocycles. The number of ether oxygens (including phenoxy) is 1. The molecule has 3 N–H and O–H groups in total. The molecule has 0 aliphatic heterocycles. The zero-order chi connectivity index (χ0) is 24.1. The smallest absolute Gasteiger partial charge is 0.407 e. The number of carbonyl (C=O) groups excluding carboxylic acids is 2. The summed E-state index contributed by atoms with van der Waals surface area (Å²) in [6.07, 6.45) is 1.59. The van der Waals surface area contributed by atoms with Gasteiger partial charge in [-0.05, 0) is 40.8 Å². The highest BCUT2D eigenvalue weighted by molar-refractivity contribution is 7.99. The molecule has 4 rings (SSSR count). The lowest BCUT2D eigenvalue weighted by Gasteiger charge is -2.24. The van der Waals surface area contributed by atoms with Crippen molar-refractivity contribution in [2.24, 2.45) is 0 Å². The molecule has 3 atom stereocenters. The minimum atomic E-state index is -1.19. The number of carbonyl (C=O) groups is 3. The Kier molecular flexibility index (Phi) is 7.77. The van der Waals surface area contributed by atoms with Crippen molar-refractivity contribution in [1.82, 2.24) is 10.6 Å². The molecule has 2 aliphatic carbocycles. The van der Waals surface area contributed by atoms with Crippen molar-refractivity contribution in [2.75, 3.05) is 12.4 Å². The van der Waals surface area contributed by atoms with Gasteiger partial charge < -0.3 is 20.5 Å². The predicted molar refractivity (Wildman–Crippen MR) is 132 cm³/mol. The maximum atomic E-state index is 12.9. The number of benzene rings is 2. The fraction of sp³-hybridized carbons (Fsp3) is 0.423. The second-order valence-corrected chi connectivity index (χ2v) is 10.2. The van der Waals surface area contributed by atoms with E-state index in [1.165, 1.54) is 0 Å². The van der Waals surface area contributed by atoms with E-state index in [-0.39, 0.29) is 18.6 Å². The lowest BCUT2D eigenvalue weighted by molar-refractivity contribution is -0.140. The first-order valence-electron chi connectivity index (χ1n) is 11.7. The van der Waals surface area contributed by atoms with Gasteiger partial charge in [0.1, 0.15) is 12.6 Å². The quantitative estimate of drug-likeness (QED) is 0.496. The Morgan fingerprint density at radius 3 is 2.32 bits per heavy atom. The lowest BCUT2D eigenvalue weighted by Crippen LogP contribution is -2.51. The number of carboxylic acid groups (broad SMARTS) is 1. The molecule has 2 amide bonds. The number of hydrogen-bond donors (Lipinski definition) is 3. The van der Waals surface area contributed by atoms with Crippen molar-refractivity contribution in [3.63, 3.8) is 0 Å². The largest absolute Gasteiger partial charge is 0.481 e. The first-order chi connectivity index (χ1) is 16.5. The van der Waals surface area contributed by atoms with Crippen LogP contribution in [0.5, 0.6) is 0 Å². The van der Waals surface area contributed by atoms with Crippen LogP contribution in [-0.4, -0.2) is 52.8 Å². The Morgan fingerprint density at radius 2 is 1.71 bits per heavy atom. The molecule has 3 unspecified atom stereocenters. The van der Waals surface area contributed by atoms with Crippen LogP contribution in [0.4, 0.5) is 4.79 Å². The van der Waals surface area contributed by atoms with Crippen LogP contribution in [0.3, 0.4) is 0 Å². The van der Waals surface area contributed by atoms with Crippen LogP contribution >= 0.6 is 11.8 Å². The van der Waals surface area contributed by atoms with Crippen LogP contribution < -0.4 is 10.6 Å². The first-order valence-corrected chi connectivity index (χ1v) is 12.8. The van der Waals surface area contributed by atoms with Gasteiger partial charge in [-0.1, -0.05) is 61.9 Å². The molecule has 34 heavy (non-hydrogen) atoms. The zero-order valence-corrected chi connectivity index (χ0v) is 20.0. The number of alkyl carbamates (subject to hydrolysis) is 1. The van der Waals surface area contributed by atoms with Gasteiger partial charge in [-0.3, -0.25) is 9.59 Å². The van der Waals surface area contributed by atoms with Crippen LogP contribution in [0.1, 0.15) is 49.7 Å². The molecule has 2 aromatic rings. The van der Waals surface area contributed by atoms with Crippen molar-refractivity contribution >= 4 is 29.7 Å². The van der Waals surface area contributed by atoms with E-state index in [9.17, 15) is 19.5 Å². The second kappa shape index (κ2) is 11.0. The van der Waals surface area contributed by atoms with E-state index in [4.69, 9.17) is 4.74 Å². The van der Waals surface area contributed by atoms with E-state index in [1.807, 2.05) is 36.4 Å². The van der Waals surface area contributed by atoms with Gasteiger partial charge in [-0.25, -0.2) is 4.79 Å². The van der Waals surface area contributed by atoms with Crippen LogP contribution in [-0.2, 0) is 14.3 Å². The topological polar surface area (TPSA) is 105 Å². The highest BCUT2D eigenvalue weighted by Gasteiger charge is 2.33. The van der Waals surface area contributed by atoms with Gasteiger partial charge in [0.15, 0.2) is 0 Å². The van der Waals surface area contributed by atoms with Crippen molar-refractivity contribution < 1.29 is 24.2 Å². The summed E-state index contributed by atoms with van der Waals surface area (Å²) in [7, 11) is 0. The van der Waals surface area contributed by atoms with Crippen LogP contribution in [0.2, 0.25) is 0 Å². The Labute approximate surface area is 203 Å². The van der Waals surface area contributed by atoms with Crippen molar-refractivity contribution in [1.29, 1.82) is 0 Å². The van der Waals surface area contributed by atoms with Crippen LogP contribution in [0.15, 0.2) is 48.5 Å². The number of aliphatic carboxylic acids is 1. The van der Waals surface area contributed by atoms with Gasteiger partial charge in [0.2, 0.25) is 5.91 Å². The number of carboxylic acids is 1. The summed E-state index contributed by atoms with van der Waals surface area (Å²) in [6.45, 7) is 2.17. The predicted octanol–water partition coefficient (Wildman–Crippen LogP) is 4.16. The molecule has 7 nitrogen and oxygen atoms in total. The van der Waals surface area contributed by atoms with Crippen molar-refractivity contribution in [3.8, 4) is 11.1 Å². The molecule has 180 valence electrons. The molecule has 2 aromatic carbocycles. The monoisotopic (exact) mass is 482 g/mol. The second-order valence-electron chi connectivity index (χ2n) is 8.66. The van der Waals surface area contributed by atoms with E-state index >= 15 is 0 Å². The average molecular weight is 483 g/mol. The summed E-state index contributed by atoms with van der Waals surface area (Å²) in [6, 6.07) is 14.8. The van der Waals surface area contributed by atoms with Gasteiger partial charge in [0, 0.05) is 17.2 Å². The molecule has 0 radical (unpaired) electrons. The minimum absolute atomic E-state index is 0.0157. The Bertz CT molecular complexity index is 1010. The van der Waals surface area contributed by atoms with Crippen LogP contribution in [0, 0.1) is 0 Å². The molecule has 8 heteroatoms. The summed E-state index contributed by atoms with van der Waals surface area (Å²) in [5, 5.41) is 15.0. The summed E-state index contributed by atoms with van der Waals surface area (Å²) >= 11 is 1.80. The van der Waals surface area contributed by atoms with Crippen molar-refractivity contribution in [2.45, 2.75) is 55.9 Å². The Hall–Kier alpha value is -3.00. The van der Waals surface area contributed by atoms with Crippen LogP contribution in [0.25, 0.3) is 11.1 Å². The van der Waals surface area contributed by atoms with E-state index in [2.05, 4.69) is 29.7 Å². The molecule has 0 spiro atoms. The number of rotatable bonds is 9. The molecule has 0 heterocycles. The molecule has 0 saturated heterocycles. The highest BCUT2D eigenvalue weighted by atomic mass is 32.2. The number of nitrogens with one attached hydrogen (secondary N) is 2. The minimum Gasteiger partial charge on any atom is -0.481 e. The molecule has 1 saturated carbocycles. The molecule has 2 aliphatic rings. The molecule has 1 fully saturated rings. The standard InChI is InChI=1S/C26H30N2O5S/c1-2-34-23-13-7-12-21(23)27-25(31)22(14-24(29)30)28-26(32)33-15-20-18-10-5-3-8-16(18)17-9-4-6-11-19(17)20/h3-6,8-11,20-23H,2,7,12-15H2,1H3,(H,27,31)(H,28,32)(H,29,30). The number of fused-ring (bicyclic) bond motifs is 3. The van der Waals surface area contributed by atoms with Gasteiger partial charge in [0.05, 0.1) is 6.42 Å². The molecular formula is C26H30N2O5S. The molecule has 0 bridgehead atoms. The van der Waals surface area contributed by atoms with E-state index < -0.39 is 30.4 Å². The summed E-state index contributed by atoms with van der Waals surface area (Å²) < 4.78 is 5.50. The molecular weight excluding hydrogens is 452 g/mol. The number of amides is 2. The van der Waals surface area contributed by atoms with Gasteiger partial charge in [-0.15, -0.1) is 0 Å². The van der Waals surface area contributed by atoms with Gasteiger partial charge in [0.25, 0.3) is 0 Å².